The van der Waals surface area contributed by atoms with Gasteiger partial charge in [-0.05, 0) is 61.7 Å². The van der Waals surface area contributed by atoms with Crippen LogP contribution >= 0.6 is 0 Å². The van der Waals surface area contributed by atoms with Gasteiger partial charge >= 0.3 is 0 Å². The molecule has 0 unspecified atom stereocenters. The van der Waals surface area contributed by atoms with Crippen LogP contribution in [0.25, 0.3) is 11.1 Å². The summed E-state index contributed by atoms with van der Waals surface area (Å²) in [6.45, 7) is 2.02. The Balaban J connectivity index is 1.57. The number of nitrogens with one attached hydrogen (secondary N) is 1. The normalized spacial score (nSPS) is 18.1. The maximum absolute atomic E-state index is 11.8. The fourth-order valence-corrected chi connectivity index (χ4v) is 3.58. The summed E-state index contributed by atoms with van der Waals surface area (Å²) in [4.78, 5) is 17.9. The highest BCUT2D eigenvalue weighted by molar-refractivity contribution is 5.96. The van der Waals surface area contributed by atoms with Crippen LogP contribution in [0.2, 0.25) is 0 Å². The van der Waals surface area contributed by atoms with E-state index in [4.69, 9.17) is 4.74 Å². The monoisotopic (exact) mass is 337 g/mol. The van der Waals surface area contributed by atoms with Crippen LogP contribution in [0.15, 0.2) is 36.7 Å². The van der Waals surface area contributed by atoms with Crippen molar-refractivity contribution in [3.05, 3.63) is 42.2 Å². The van der Waals surface area contributed by atoms with Gasteiger partial charge in [0.25, 0.3) is 0 Å². The standard InChI is InChI=1S/C20H23N3O2/c1-23-19-4-2-14(10-15(19)3-5-20(23)24)16-11-18(13-22-12-16)25-17-6-8-21-9-7-17/h2,4,10-13,17,21H,3,5-9H2,1H3. The fraction of sp³-hybridized carbons (Fsp3) is 0.400. The minimum Gasteiger partial charge on any atom is -0.489 e. The molecule has 0 bridgehead atoms. The first-order valence-electron chi connectivity index (χ1n) is 8.93. The van der Waals surface area contributed by atoms with E-state index in [1.165, 1.54) is 5.56 Å². The van der Waals surface area contributed by atoms with E-state index in [9.17, 15) is 4.79 Å². The number of fused-ring (bicyclic) bond motifs is 1. The minimum absolute atomic E-state index is 0.180. The van der Waals surface area contributed by atoms with Gasteiger partial charge in [-0.15, -0.1) is 0 Å². The van der Waals surface area contributed by atoms with Gasteiger partial charge in [-0.3, -0.25) is 9.78 Å². The summed E-state index contributed by atoms with van der Waals surface area (Å²) >= 11 is 0. The molecule has 0 atom stereocenters. The molecule has 3 heterocycles. The van der Waals surface area contributed by atoms with E-state index in [0.717, 1.165) is 54.9 Å². The molecule has 1 saturated heterocycles. The second-order valence-electron chi connectivity index (χ2n) is 6.77. The summed E-state index contributed by atoms with van der Waals surface area (Å²) in [7, 11) is 1.84. The Bertz CT molecular complexity index is 784. The number of piperidine rings is 1. The lowest BCUT2D eigenvalue weighted by Crippen LogP contribution is -2.34. The van der Waals surface area contributed by atoms with Gasteiger partial charge in [0.15, 0.2) is 0 Å². The van der Waals surface area contributed by atoms with Gasteiger partial charge in [0.1, 0.15) is 11.9 Å². The number of rotatable bonds is 3. The highest BCUT2D eigenvalue weighted by atomic mass is 16.5. The van der Waals surface area contributed by atoms with Crippen molar-refractivity contribution in [1.82, 2.24) is 10.3 Å². The van der Waals surface area contributed by atoms with Gasteiger partial charge in [0.05, 0.1) is 6.20 Å². The Morgan fingerprint density at radius 3 is 2.80 bits per heavy atom. The molecule has 4 rings (SSSR count). The van der Waals surface area contributed by atoms with Crippen LogP contribution in [0.5, 0.6) is 5.75 Å². The molecular formula is C20H23N3O2. The third kappa shape index (κ3) is 3.37. The molecule has 5 nitrogen and oxygen atoms in total. The average Bonchev–Trinajstić information content (AvgIpc) is 2.66. The number of aromatic nitrogens is 1. The van der Waals surface area contributed by atoms with E-state index in [1.54, 1.807) is 11.1 Å². The van der Waals surface area contributed by atoms with Crippen molar-refractivity contribution in [3.8, 4) is 16.9 Å². The first-order valence-corrected chi connectivity index (χ1v) is 8.93. The molecule has 2 aliphatic rings. The third-order valence-corrected chi connectivity index (χ3v) is 5.06. The molecular weight excluding hydrogens is 314 g/mol. The van der Waals surface area contributed by atoms with Gasteiger partial charge in [-0.25, -0.2) is 0 Å². The van der Waals surface area contributed by atoms with Crippen LogP contribution in [-0.4, -0.2) is 37.1 Å². The van der Waals surface area contributed by atoms with Crippen molar-refractivity contribution in [1.29, 1.82) is 0 Å². The third-order valence-electron chi connectivity index (χ3n) is 5.06. The number of amides is 1. The number of nitrogens with zero attached hydrogens (tertiary/aromatic N) is 2. The van der Waals surface area contributed by atoms with Crippen LogP contribution < -0.4 is 15.0 Å². The highest BCUT2D eigenvalue weighted by Gasteiger charge is 2.21. The molecule has 0 spiro atoms. The maximum Gasteiger partial charge on any atom is 0.227 e. The Labute approximate surface area is 148 Å². The molecule has 25 heavy (non-hydrogen) atoms. The summed E-state index contributed by atoms with van der Waals surface area (Å²) in [6.07, 6.45) is 7.36. The summed E-state index contributed by atoms with van der Waals surface area (Å²) in [5, 5.41) is 3.35. The quantitative estimate of drug-likeness (QED) is 0.936. The Kier molecular flexibility index (Phi) is 4.40. The Hall–Kier alpha value is -2.40. The number of hydrogen-bond acceptors (Lipinski definition) is 4. The smallest absolute Gasteiger partial charge is 0.227 e. The number of carbonyl (C=O) groups is 1. The number of anilines is 1. The number of aryl methyl sites for hydroxylation is 1. The minimum atomic E-state index is 0.180. The Morgan fingerprint density at radius 2 is 1.96 bits per heavy atom. The molecule has 1 aromatic heterocycles. The predicted molar refractivity (Wildman–Crippen MR) is 97.9 cm³/mol. The molecule has 1 aromatic carbocycles. The number of ether oxygens (including phenoxy) is 1. The number of pyridine rings is 1. The second kappa shape index (κ2) is 6.84. The van der Waals surface area contributed by atoms with E-state index in [-0.39, 0.29) is 12.0 Å². The van der Waals surface area contributed by atoms with Gasteiger partial charge in [0, 0.05) is 30.9 Å². The van der Waals surface area contributed by atoms with Crippen molar-refractivity contribution in [3.63, 3.8) is 0 Å². The first kappa shape index (κ1) is 16.1. The topological polar surface area (TPSA) is 54.5 Å². The molecule has 1 amide bonds. The lowest BCUT2D eigenvalue weighted by atomic mass is 9.97. The molecule has 0 aliphatic carbocycles. The molecule has 0 saturated carbocycles. The first-order chi connectivity index (χ1) is 12.2. The number of benzene rings is 1. The Morgan fingerprint density at radius 1 is 1.12 bits per heavy atom. The highest BCUT2D eigenvalue weighted by Crippen LogP contribution is 2.32. The number of hydrogen-bond donors (Lipinski definition) is 1. The van der Waals surface area contributed by atoms with E-state index < -0.39 is 0 Å². The fourth-order valence-electron chi connectivity index (χ4n) is 3.58. The van der Waals surface area contributed by atoms with Crippen LogP contribution in [0.1, 0.15) is 24.8 Å². The number of carbonyl (C=O) groups excluding carboxylic acids is 1. The van der Waals surface area contributed by atoms with Crippen LogP contribution in [0.3, 0.4) is 0 Å². The molecule has 2 aliphatic heterocycles. The van der Waals surface area contributed by atoms with Crippen molar-refractivity contribution in [2.45, 2.75) is 31.8 Å². The molecule has 130 valence electrons. The van der Waals surface area contributed by atoms with Gasteiger partial charge < -0.3 is 15.0 Å². The van der Waals surface area contributed by atoms with E-state index in [0.29, 0.717) is 6.42 Å². The summed E-state index contributed by atoms with van der Waals surface area (Å²) in [6, 6.07) is 8.32. The van der Waals surface area contributed by atoms with Crippen LogP contribution in [-0.2, 0) is 11.2 Å². The maximum atomic E-state index is 11.8. The van der Waals surface area contributed by atoms with Crippen LogP contribution in [0, 0.1) is 0 Å². The van der Waals surface area contributed by atoms with Gasteiger partial charge in [0.2, 0.25) is 5.91 Å². The molecule has 1 N–H and O–H groups in total. The van der Waals surface area contributed by atoms with Crippen LogP contribution in [0.4, 0.5) is 5.69 Å². The zero-order valence-electron chi connectivity index (χ0n) is 14.5. The molecule has 5 heteroatoms. The van der Waals surface area contributed by atoms with E-state index in [1.807, 2.05) is 19.3 Å². The second-order valence-corrected chi connectivity index (χ2v) is 6.77. The molecule has 2 aromatic rings. The lowest BCUT2D eigenvalue weighted by molar-refractivity contribution is -0.118. The van der Waals surface area contributed by atoms with Crippen molar-refractivity contribution < 1.29 is 9.53 Å². The zero-order valence-corrected chi connectivity index (χ0v) is 14.5. The van der Waals surface area contributed by atoms with E-state index in [2.05, 4.69) is 28.5 Å². The summed E-state index contributed by atoms with van der Waals surface area (Å²) in [5.41, 5.74) is 4.39. The zero-order chi connectivity index (χ0) is 17.2. The lowest BCUT2D eigenvalue weighted by Gasteiger charge is -2.26. The molecule has 0 radical (unpaired) electrons. The average molecular weight is 337 g/mol. The summed E-state index contributed by atoms with van der Waals surface area (Å²) in [5.74, 6) is 1.01. The van der Waals surface area contributed by atoms with Crippen molar-refractivity contribution in [2.24, 2.45) is 0 Å². The van der Waals surface area contributed by atoms with Gasteiger partial charge in [-0.1, -0.05) is 6.07 Å². The van der Waals surface area contributed by atoms with Gasteiger partial charge in [-0.2, -0.15) is 0 Å². The predicted octanol–water partition coefficient (Wildman–Crippen LogP) is 2.79. The van der Waals surface area contributed by atoms with Crippen molar-refractivity contribution >= 4 is 11.6 Å². The summed E-state index contributed by atoms with van der Waals surface area (Å²) < 4.78 is 6.11. The van der Waals surface area contributed by atoms with Crippen molar-refractivity contribution in [2.75, 3.05) is 25.0 Å². The van der Waals surface area contributed by atoms with E-state index >= 15 is 0 Å². The SMILES string of the molecule is CN1C(=O)CCc2cc(-c3cncc(OC4CCNCC4)c3)ccc21. The largest absolute Gasteiger partial charge is 0.489 e. The molecule has 1 fully saturated rings.